The summed E-state index contributed by atoms with van der Waals surface area (Å²) in [7, 11) is 0. The molecule has 0 aliphatic rings. The van der Waals surface area contributed by atoms with Crippen LogP contribution in [0, 0.1) is 5.92 Å². The minimum Gasteiger partial charge on any atom is -0.296 e. The van der Waals surface area contributed by atoms with Gasteiger partial charge in [-0.1, -0.05) is 39.8 Å². The molecule has 0 aliphatic heterocycles. The van der Waals surface area contributed by atoms with Crippen molar-refractivity contribution in [2.45, 2.75) is 46.6 Å². The number of hydrogen-bond donors (Lipinski definition) is 1. The molecule has 0 radical (unpaired) electrons. The summed E-state index contributed by atoms with van der Waals surface area (Å²) in [5.41, 5.74) is 1.23. The van der Waals surface area contributed by atoms with Gasteiger partial charge in [-0.05, 0) is 18.8 Å². The summed E-state index contributed by atoms with van der Waals surface area (Å²) in [6.45, 7) is 15.3. The second-order valence-corrected chi connectivity index (χ2v) is 5.02. The van der Waals surface area contributed by atoms with E-state index in [1.54, 1.807) is 0 Å². The highest BCUT2D eigenvalue weighted by molar-refractivity contribution is 7.80. The average molecular weight is 229 g/mol. The molecule has 0 saturated carbocycles. The zero-order valence-electron chi connectivity index (χ0n) is 10.8. The first-order chi connectivity index (χ1) is 7.04. The summed E-state index contributed by atoms with van der Waals surface area (Å²) < 4.78 is 0. The van der Waals surface area contributed by atoms with Crippen molar-refractivity contribution in [3.8, 4) is 0 Å². The van der Waals surface area contributed by atoms with Crippen molar-refractivity contribution >= 4 is 12.6 Å². The van der Waals surface area contributed by atoms with E-state index in [1.165, 1.54) is 25.0 Å². The number of rotatable bonds is 8. The molecule has 0 saturated heterocycles. The number of hydrogen-bond acceptors (Lipinski definition) is 2. The van der Waals surface area contributed by atoms with Crippen LogP contribution in [0.2, 0.25) is 0 Å². The van der Waals surface area contributed by atoms with E-state index in [-0.39, 0.29) is 0 Å². The highest BCUT2D eigenvalue weighted by atomic mass is 32.1. The van der Waals surface area contributed by atoms with Gasteiger partial charge < -0.3 is 0 Å². The quantitative estimate of drug-likeness (QED) is 0.491. The van der Waals surface area contributed by atoms with Crippen LogP contribution in [0.3, 0.4) is 0 Å². The van der Waals surface area contributed by atoms with Crippen LogP contribution < -0.4 is 0 Å². The van der Waals surface area contributed by atoms with Crippen molar-refractivity contribution in [2.24, 2.45) is 5.92 Å². The normalized spacial score (nSPS) is 11.7. The fourth-order valence-electron chi connectivity index (χ4n) is 1.95. The van der Waals surface area contributed by atoms with Gasteiger partial charge >= 0.3 is 0 Å². The third-order valence-corrected chi connectivity index (χ3v) is 3.16. The topological polar surface area (TPSA) is 3.24 Å². The molecular formula is C13H27NS. The Morgan fingerprint density at radius 2 is 1.80 bits per heavy atom. The van der Waals surface area contributed by atoms with E-state index in [9.17, 15) is 0 Å². The predicted octanol–water partition coefficient (Wildman–Crippen LogP) is 3.62. The average Bonchev–Trinajstić information content (AvgIpc) is 2.18. The molecule has 1 nitrogen and oxygen atoms in total. The van der Waals surface area contributed by atoms with E-state index >= 15 is 0 Å². The van der Waals surface area contributed by atoms with Crippen molar-refractivity contribution in [2.75, 3.05) is 18.8 Å². The minimum atomic E-state index is 0.698. The molecule has 15 heavy (non-hydrogen) atoms. The molecular weight excluding hydrogens is 202 g/mol. The summed E-state index contributed by atoms with van der Waals surface area (Å²) in [4.78, 5) is 2.56. The maximum Gasteiger partial charge on any atom is 0.0201 e. The maximum absolute atomic E-state index is 4.28. The molecule has 90 valence electrons. The smallest absolute Gasteiger partial charge is 0.0201 e. The van der Waals surface area contributed by atoms with Crippen molar-refractivity contribution in [1.82, 2.24) is 4.90 Å². The minimum absolute atomic E-state index is 0.698. The standard InChI is InChI=1S/C13H27NS/c1-6-13(7-2)14(8-11(3)4)9-12(5)10-15/h11,13,15H,5-10H2,1-4H3. The monoisotopic (exact) mass is 229 g/mol. The Bertz CT molecular complexity index is 173. The van der Waals surface area contributed by atoms with Crippen molar-refractivity contribution < 1.29 is 0 Å². The van der Waals surface area contributed by atoms with Crippen LogP contribution in [0.4, 0.5) is 0 Å². The van der Waals surface area contributed by atoms with E-state index in [0.717, 1.165) is 18.2 Å². The van der Waals surface area contributed by atoms with Gasteiger partial charge in [-0.25, -0.2) is 0 Å². The zero-order chi connectivity index (χ0) is 11.8. The summed E-state index contributed by atoms with van der Waals surface area (Å²) in [5.74, 6) is 1.52. The van der Waals surface area contributed by atoms with Crippen molar-refractivity contribution in [3.05, 3.63) is 12.2 Å². The molecule has 0 aromatic heterocycles. The van der Waals surface area contributed by atoms with Crippen molar-refractivity contribution in [1.29, 1.82) is 0 Å². The molecule has 0 amide bonds. The van der Waals surface area contributed by atoms with E-state index in [2.05, 4.69) is 51.8 Å². The van der Waals surface area contributed by atoms with Gasteiger partial charge in [0.25, 0.3) is 0 Å². The van der Waals surface area contributed by atoms with Gasteiger partial charge in [-0.2, -0.15) is 12.6 Å². The molecule has 0 aliphatic carbocycles. The van der Waals surface area contributed by atoms with Gasteiger partial charge in [-0.15, -0.1) is 0 Å². The SMILES string of the molecule is C=C(CS)CN(CC(C)C)C(CC)CC. The van der Waals surface area contributed by atoms with Crippen LogP contribution in [0.5, 0.6) is 0 Å². The fourth-order valence-corrected chi connectivity index (χ4v) is 2.05. The second-order valence-electron chi connectivity index (χ2n) is 4.70. The molecule has 0 rings (SSSR count). The summed E-state index contributed by atoms with van der Waals surface area (Å²) >= 11 is 4.28. The lowest BCUT2D eigenvalue weighted by Gasteiger charge is -2.32. The molecule has 0 bridgehead atoms. The van der Waals surface area contributed by atoms with Gasteiger partial charge in [0.15, 0.2) is 0 Å². The first kappa shape index (κ1) is 15.0. The largest absolute Gasteiger partial charge is 0.296 e. The molecule has 0 fully saturated rings. The van der Waals surface area contributed by atoms with Gasteiger partial charge in [0.2, 0.25) is 0 Å². The molecule has 0 aromatic carbocycles. The van der Waals surface area contributed by atoms with Crippen LogP contribution in [0.25, 0.3) is 0 Å². The lowest BCUT2D eigenvalue weighted by atomic mass is 10.1. The second kappa shape index (κ2) is 8.23. The molecule has 0 spiro atoms. The lowest BCUT2D eigenvalue weighted by Crippen LogP contribution is -2.38. The van der Waals surface area contributed by atoms with E-state index in [0.29, 0.717) is 6.04 Å². The third kappa shape index (κ3) is 6.26. The van der Waals surface area contributed by atoms with Crippen LogP contribution in [-0.2, 0) is 0 Å². The summed E-state index contributed by atoms with van der Waals surface area (Å²) in [6.07, 6.45) is 2.45. The van der Waals surface area contributed by atoms with Crippen molar-refractivity contribution in [3.63, 3.8) is 0 Å². The Morgan fingerprint density at radius 3 is 2.13 bits per heavy atom. The summed E-state index contributed by atoms with van der Waals surface area (Å²) in [5, 5.41) is 0. The van der Waals surface area contributed by atoms with E-state index < -0.39 is 0 Å². The van der Waals surface area contributed by atoms with E-state index in [4.69, 9.17) is 0 Å². The summed E-state index contributed by atoms with van der Waals surface area (Å²) in [6, 6.07) is 0.698. The van der Waals surface area contributed by atoms with Crippen LogP contribution in [0.15, 0.2) is 12.2 Å². The number of nitrogens with zero attached hydrogens (tertiary/aromatic N) is 1. The number of thiol groups is 1. The Balaban J connectivity index is 4.34. The fraction of sp³-hybridized carbons (Fsp3) is 0.846. The van der Waals surface area contributed by atoms with Gasteiger partial charge in [0.05, 0.1) is 0 Å². The first-order valence-electron chi connectivity index (χ1n) is 6.06. The van der Waals surface area contributed by atoms with Crippen LogP contribution in [-0.4, -0.2) is 29.8 Å². The van der Waals surface area contributed by atoms with Gasteiger partial charge in [0, 0.05) is 24.9 Å². The molecule has 0 aromatic rings. The first-order valence-corrected chi connectivity index (χ1v) is 6.69. The molecule has 0 unspecified atom stereocenters. The lowest BCUT2D eigenvalue weighted by molar-refractivity contribution is 0.181. The zero-order valence-corrected chi connectivity index (χ0v) is 11.7. The Hall–Kier alpha value is 0.0500. The Morgan fingerprint density at radius 1 is 1.27 bits per heavy atom. The predicted molar refractivity (Wildman–Crippen MR) is 73.8 cm³/mol. The molecule has 0 atom stereocenters. The Labute approximate surface area is 101 Å². The molecule has 0 N–H and O–H groups in total. The molecule has 2 heteroatoms. The van der Waals surface area contributed by atoms with Gasteiger partial charge in [0.1, 0.15) is 0 Å². The van der Waals surface area contributed by atoms with Gasteiger partial charge in [-0.3, -0.25) is 4.90 Å². The maximum atomic E-state index is 4.28. The molecule has 0 heterocycles. The van der Waals surface area contributed by atoms with E-state index in [1.807, 2.05) is 0 Å². The van der Waals surface area contributed by atoms with Crippen LogP contribution >= 0.6 is 12.6 Å². The van der Waals surface area contributed by atoms with Crippen LogP contribution in [0.1, 0.15) is 40.5 Å². The third-order valence-electron chi connectivity index (χ3n) is 2.71. The highest BCUT2D eigenvalue weighted by Crippen LogP contribution is 2.13. The highest BCUT2D eigenvalue weighted by Gasteiger charge is 2.16. The Kier molecular flexibility index (Phi) is 8.26.